The Balaban J connectivity index is 2.39. The number of nitrogens with one attached hydrogen (secondary N) is 1. The summed E-state index contributed by atoms with van der Waals surface area (Å²) in [5.41, 5.74) is 1.31. The number of hydrogen-bond acceptors (Lipinski definition) is 5. The van der Waals surface area contributed by atoms with E-state index in [9.17, 15) is 0 Å². The molecule has 0 fully saturated rings. The Bertz CT molecular complexity index is 626. The van der Waals surface area contributed by atoms with Gasteiger partial charge in [-0.1, -0.05) is 27.7 Å². The first-order valence-corrected chi connectivity index (χ1v) is 9.26. The normalized spacial score (nSPS) is 12.1. The van der Waals surface area contributed by atoms with Gasteiger partial charge in [0.1, 0.15) is 16.5 Å². The van der Waals surface area contributed by atoms with Gasteiger partial charge in [-0.05, 0) is 25.8 Å². The molecule has 2 aromatic heterocycles. The number of aryl methyl sites for hydroxylation is 2. The van der Waals surface area contributed by atoms with Gasteiger partial charge in [0.05, 0.1) is 11.1 Å². The van der Waals surface area contributed by atoms with Gasteiger partial charge in [0.2, 0.25) is 0 Å². The molecular formula is C16H25N3S2. The SMILES string of the molecule is CCCNc1nc(CSC(C)(C)C)nc2sc(C)c(C)c12. The van der Waals surface area contributed by atoms with E-state index in [1.54, 1.807) is 11.3 Å². The van der Waals surface area contributed by atoms with Crippen LogP contribution in [0.25, 0.3) is 10.2 Å². The topological polar surface area (TPSA) is 37.8 Å². The minimum atomic E-state index is 0.233. The van der Waals surface area contributed by atoms with Gasteiger partial charge in [0.25, 0.3) is 0 Å². The predicted octanol–water partition coefficient (Wildman–Crippen LogP) is 5.16. The van der Waals surface area contributed by atoms with Crippen molar-refractivity contribution < 1.29 is 0 Å². The molecule has 0 saturated heterocycles. The monoisotopic (exact) mass is 323 g/mol. The molecule has 0 aliphatic heterocycles. The molecule has 0 unspecified atom stereocenters. The zero-order chi connectivity index (χ0) is 15.6. The lowest BCUT2D eigenvalue weighted by molar-refractivity contribution is 0.800. The Labute approximate surface area is 136 Å². The van der Waals surface area contributed by atoms with Crippen molar-refractivity contribution in [1.29, 1.82) is 0 Å². The van der Waals surface area contributed by atoms with Crippen molar-refractivity contribution in [2.75, 3.05) is 11.9 Å². The Morgan fingerprint density at radius 2 is 1.90 bits per heavy atom. The molecule has 0 aliphatic carbocycles. The molecule has 2 heterocycles. The Hall–Kier alpha value is -0.810. The Morgan fingerprint density at radius 1 is 1.19 bits per heavy atom. The summed E-state index contributed by atoms with van der Waals surface area (Å²) in [5, 5.41) is 4.68. The van der Waals surface area contributed by atoms with Crippen LogP contribution in [0.15, 0.2) is 0 Å². The summed E-state index contributed by atoms with van der Waals surface area (Å²) in [6.45, 7) is 14.1. The van der Waals surface area contributed by atoms with Crippen molar-refractivity contribution in [2.45, 2.75) is 58.5 Å². The maximum absolute atomic E-state index is 4.78. The first-order chi connectivity index (χ1) is 9.81. The summed E-state index contributed by atoms with van der Waals surface area (Å²) in [6.07, 6.45) is 1.10. The van der Waals surface area contributed by atoms with Crippen LogP contribution in [0, 0.1) is 13.8 Å². The lowest BCUT2D eigenvalue weighted by Crippen LogP contribution is -2.10. The molecule has 0 aromatic carbocycles. The molecule has 0 radical (unpaired) electrons. The van der Waals surface area contributed by atoms with E-state index in [-0.39, 0.29) is 4.75 Å². The summed E-state index contributed by atoms with van der Waals surface area (Å²) >= 11 is 3.66. The molecule has 3 nitrogen and oxygen atoms in total. The molecule has 116 valence electrons. The molecule has 0 aliphatic rings. The average Bonchev–Trinajstić information content (AvgIpc) is 2.68. The fourth-order valence-corrected chi connectivity index (χ4v) is 3.75. The van der Waals surface area contributed by atoms with Gasteiger partial charge in [0, 0.05) is 16.2 Å². The summed E-state index contributed by atoms with van der Waals surface area (Å²) in [4.78, 5) is 12.0. The third-order valence-corrected chi connectivity index (χ3v) is 5.62. The third kappa shape index (κ3) is 4.10. The van der Waals surface area contributed by atoms with Crippen molar-refractivity contribution in [1.82, 2.24) is 9.97 Å². The Kier molecular flexibility index (Phi) is 5.15. The van der Waals surface area contributed by atoms with E-state index < -0.39 is 0 Å². The standard InChI is InChI=1S/C16H25N3S2/c1-7-8-17-14-13-10(2)11(3)21-15(13)19-12(18-14)9-20-16(4,5)6/h7-9H2,1-6H3,(H,17,18,19). The molecule has 2 aromatic rings. The van der Waals surface area contributed by atoms with Gasteiger partial charge in [-0.25, -0.2) is 9.97 Å². The maximum Gasteiger partial charge on any atom is 0.142 e. The number of anilines is 1. The smallest absolute Gasteiger partial charge is 0.142 e. The zero-order valence-electron chi connectivity index (χ0n) is 13.8. The molecule has 5 heteroatoms. The highest BCUT2D eigenvalue weighted by atomic mass is 32.2. The average molecular weight is 324 g/mol. The molecule has 1 N–H and O–H groups in total. The van der Waals surface area contributed by atoms with Crippen LogP contribution in [-0.4, -0.2) is 21.3 Å². The fourth-order valence-electron chi connectivity index (χ4n) is 2.01. The number of fused-ring (bicyclic) bond motifs is 1. The van der Waals surface area contributed by atoms with Crippen LogP contribution in [0.1, 0.15) is 50.4 Å². The molecular weight excluding hydrogens is 298 g/mol. The first-order valence-electron chi connectivity index (χ1n) is 7.46. The highest BCUT2D eigenvalue weighted by Crippen LogP contribution is 2.34. The molecule has 2 rings (SSSR count). The summed E-state index contributed by atoms with van der Waals surface area (Å²) in [6, 6.07) is 0. The van der Waals surface area contributed by atoms with Crippen LogP contribution in [0.2, 0.25) is 0 Å². The number of thioether (sulfide) groups is 1. The molecule has 21 heavy (non-hydrogen) atoms. The van der Waals surface area contributed by atoms with Crippen molar-refractivity contribution in [3.8, 4) is 0 Å². The van der Waals surface area contributed by atoms with E-state index in [2.05, 4.69) is 46.9 Å². The van der Waals surface area contributed by atoms with Gasteiger partial charge >= 0.3 is 0 Å². The highest BCUT2D eigenvalue weighted by molar-refractivity contribution is 7.99. The quantitative estimate of drug-likeness (QED) is 0.824. The van der Waals surface area contributed by atoms with E-state index in [1.165, 1.54) is 15.8 Å². The van der Waals surface area contributed by atoms with E-state index in [1.807, 2.05) is 11.8 Å². The summed E-state index contributed by atoms with van der Waals surface area (Å²) < 4.78 is 0.233. The number of rotatable bonds is 5. The predicted molar refractivity (Wildman–Crippen MR) is 96.7 cm³/mol. The van der Waals surface area contributed by atoms with Gasteiger partial charge < -0.3 is 5.32 Å². The van der Waals surface area contributed by atoms with Crippen LogP contribution in [-0.2, 0) is 5.75 Å². The van der Waals surface area contributed by atoms with Crippen LogP contribution < -0.4 is 5.32 Å². The van der Waals surface area contributed by atoms with Crippen molar-refractivity contribution >= 4 is 39.1 Å². The number of thiophene rings is 1. The van der Waals surface area contributed by atoms with Gasteiger partial charge in [-0.15, -0.1) is 23.1 Å². The van der Waals surface area contributed by atoms with Gasteiger partial charge in [0.15, 0.2) is 0 Å². The summed E-state index contributed by atoms with van der Waals surface area (Å²) in [5.74, 6) is 2.80. The molecule has 0 atom stereocenters. The third-order valence-electron chi connectivity index (χ3n) is 3.25. The number of hydrogen-bond donors (Lipinski definition) is 1. The second-order valence-corrected chi connectivity index (χ2v) is 9.28. The second-order valence-electron chi connectivity index (χ2n) is 6.28. The van der Waals surface area contributed by atoms with E-state index >= 15 is 0 Å². The lowest BCUT2D eigenvalue weighted by atomic mass is 10.2. The van der Waals surface area contributed by atoms with Crippen LogP contribution in [0.3, 0.4) is 0 Å². The number of nitrogens with zero attached hydrogens (tertiary/aromatic N) is 2. The zero-order valence-corrected chi connectivity index (χ0v) is 15.5. The van der Waals surface area contributed by atoms with Crippen LogP contribution in [0.5, 0.6) is 0 Å². The van der Waals surface area contributed by atoms with E-state index in [0.29, 0.717) is 0 Å². The lowest BCUT2D eigenvalue weighted by Gasteiger charge is -2.17. The molecule has 0 saturated carbocycles. The highest BCUT2D eigenvalue weighted by Gasteiger charge is 2.16. The molecule has 0 spiro atoms. The van der Waals surface area contributed by atoms with Gasteiger partial charge in [-0.3, -0.25) is 0 Å². The minimum Gasteiger partial charge on any atom is -0.369 e. The van der Waals surface area contributed by atoms with Crippen molar-refractivity contribution in [2.24, 2.45) is 0 Å². The van der Waals surface area contributed by atoms with Crippen LogP contribution >= 0.6 is 23.1 Å². The molecule has 0 amide bonds. The number of aromatic nitrogens is 2. The van der Waals surface area contributed by atoms with E-state index in [4.69, 9.17) is 9.97 Å². The minimum absolute atomic E-state index is 0.233. The Morgan fingerprint density at radius 3 is 2.52 bits per heavy atom. The first kappa shape index (κ1) is 16.6. The fraction of sp³-hybridized carbons (Fsp3) is 0.625. The van der Waals surface area contributed by atoms with E-state index in [0.717, 1.165) is 35.2 Å². The van der Waals surface area contributed by atoms with Crippen LogP contribution in [0.4, 0.5) is 5.82 Å². The second kappa shape index (κ2) is 6.53. The van der Waals surface area contributed by atoms with Crippen molar-refractivity contribution in [3.63, 3.8) is 0 Å². The maximum atomic E-state index is 4.78. The molecule has 0 bridgehead atoms. The summed E-state index contributed by atoms with van der Waals surface area (Å²) in [7, 11) is 0. The van der Waals surface area contributed by atoms with Crippen molar-refractivity contribution in [3.05, 3.63) is 16.3 Å². The largest absolute Gasteiger partial charge is 0.369 e. The van der Waals surface area contributed by atoms with Gasteiger partial charge in [-0.2, -0.15) is 0 Å².